The summed E-state index contributed by atoms with van der Waals surface area (Å²) in [5.74, 6) is 0.367. The highest BCUT2D eigenvalue weighted by molar-refractivity contribution is 6.34. The second-order valence-electron chi connectivity index (χ2n) is 4.50. The minimum atomic E-state index is 0.367. The minimum Gasteiger partial charge on any atom is -0.369 e. The first-order chi connectivity index (χ1) is 9.52. The van der Waals surface area contributed by atoms with Gasteiger partial charge in [-0.05, 0) is 24.6 Å². The summed E-state index contributed by atoms with van der Waals surface area (Å²) in [6.45, 7) is 2.03. The van der Waals surface area contributed by atoms with E-state index in [1.54, 1.807) is 27.4 Å². The lowest BCUT2D eigenvalue weighted by atomic mass is 10.3. The lowest BCUT2D eigenvalue weighted by molar-refractivity contribution is 0.751. The molecule has 1 aromatic carbocycles. The van der Waals surface area contributed by atoms with Crippen molar-refractivity contribution in [2.75, 3.05) is 5.73 Å². The van der Waals surface area contributed by atoms with Gasteiger partial charge in [-0.15, -0.1) is 0 Å². The SMILES string of the molecule is CCc1nn(C)c2c1nc(N)n2-c1cc(Cl)ccc1Cl. The lowest BCUT2D eigenvalue weighted by Gasteiger charge is -2.09. The molecule has 0 aliphatic heterocycles. The van der Waals surface area contributed by atoms with Crippen LogP contribution in [-0.4, -0.2) is 19.3 Å². The van der Waals surface area contributed by atoms with Crippen LogP contribution in [0.2, 0.25) is 10.0 Å². The predicted molar refractivity (Wildman–Crippen MR) is 81.6 cm³/mol. The quantitative estimate of drug-likeness (QED) is 0.790. The molecule has 0 saturated heterocycles. The molecule has 0 saturated carbocycles. The third kappa shape index (κ3) is 1.85. The van der Waals surface area contributed by atoms with E-state index in [-0.39, 0.29) is 0 Å². The maximum absolute atomic E-state index is 6.26. The molecule has 20 heavy (non-hydrogen) atoms. The zero-order valence-electron chi connectivity index (χ0n) is 11.1. The van der Waals surface area contributed by atoms with Crippen molar-refractivity contribution >= 4 is 40.3 Å². The van der Waals surface area contributed by atoms with Crippen LogP contribution >= 0.6 is 23.2 Å². The molecule has 3 aromatic rings. The van der Waals surface area contributed by atoms with Crippen LogP contribution in [0.25, 0.3) is 16.9 Å². The molecule has 2 N–H and O–H groups in total. The van der Waals surface area contributed by atoms with E-state index in [0.717, 1.165) is 23.3 Å². The molecule has 0 aliphatic carbocycles. The number of aryl methyl sites for hydroxylation is 2. The fourth-order valence-electron chi connectivity index (χ4n) is 2.33. The Morgan fingerprint density at radius 3 is 2.75 bits per heavy atom. The summed E-state index contributed by atoms with van der Waals surface area (Å²) >= 11 is 12.3. The third-order valence-electron chi connectivity index (χ3n) is 3.21. The van der Waals surface area contributed by atoms with Gasteiger partial charge in [-0.1, -0.05) is 30.1 Å². The van der Waals surface area contributed by atoms with Crippen LogP contribution in [0.15, 0.2) is 18.2 Å². The molecule has 0 bridgehead atoms. The molecular weight excluding hydrogens is 297 g/mol. The zero-order chi connectivity index (χ0) is 14.4. The van der Waals surface area contributed by atoms with Crippen LogP contribution in [-0.2, 0) is 13.5 Å². The van der Waals surface area contributed by atoms with Crippen molar-refractivity contribution in [3.05, 3.63) is 33.9 Å². The van der Waals surface area contributed by atoms with E-state index in [2.05, 4.69) is 10.1 Å². The molecule has 0 spiro atoms. The van der Waals surface area contributed by atoms with E-state index >= 15 is 0 Å². The van der Waals surface area contributed by atoms with Gasteiger partial charge in [0.05, 0.1) is 16.4 Å². The van der Waals surface area contributed by atoms with E-state index in [4.69, 9.17) is 28.9 Å². The van der Waals surface area contributed by atoms with E-state index in [1.807, 2.05) is 14.0 Å². The topological polar surface area (TPSA) is 61.7 Å². The summed E-state index contributed by atoms with van der Waals surface area (Å²) in [5, 5.41) is 5.59. The summed E-state index contributed by atoms with van der Waals surface area (Å²) in [4.78, 5) is 4.41. The van der Waals surface area contributed by atoms with E-state index < -0.39 is 0 Å². The number of hydrogen-bond donors (Lipinski definition) is 1. The minimum absolute atomic E-state index is 0.367. The average molecular weight is 310 g/mol. The normalized spacial score (nSPS) is 11.4. The standard InChI is InChI=1S/C13H13Cl2N5/c1-3-9-11-12(19(2)18-9)20(13(16)17-11)10-6-7(14)4-5-8(10)15/h4-6H,3H2,1-2H3,(H2,16,17). The van der Waals surface area contributed by atoms with E-state index in [1.165, 1.54) is 0 Å². The van der Waals surface area contributed by atoms with Crippen molar-refractivity contribution in [1.29, 1.82) is 0 Å². The van der Waals surface area contributed by atoms with Gasteiger partial charge in [0.15, 0.2) is 5.65 Å². The highest BCUT2D eigenvalue weighted by Gasteiger charge is 2.19. The summed E-state index contributed by atoms with van der Waals surface area (Å²) in [7, 11) is 1.86. The van der Waals surface area contributed by atoms with Crippen molar-refractivity contribution < 1.29 is 0 Å². The molecule has 0 aliphatic rings. The van der Waals surface area contributed by atoms with Crippen LogP contribution in [0.4, 0.5) is 5.95 Å². The highest BCUT2D eigenvalue weighted by Crippen LogP contribution is 2.31. The number of nitrogen functional groups attached to an aromatic ring is 1. The van der Waals surface area contributed by atoms with Gasteiger partial charge in [0, 0.05) is 12.1 Å². The van der Waals surface area contributed by atoms with Crippen molar-refractivity contribution in [1.82, 2.24) is 19.3 Å². The maximum Gasteiger partial charge on any atom is 0.207 e. The number of fused-ring (bicyclic) bond motifs is 1. The Balaban J connectivity index is 2.39. The van der Waals surface area contributed by atoms with Gasteiger partial charge < -0.3 is 5.73 Å². The summed E-state index contributed by atoms with van der Waals surface area (Å²) in [6, 6.07) is 5.24. The predicted octanol–water partition coefficient (Wildman–Crippen LogP) is 3.21. The number of nitrogens with zero attached hydrogens (tertiary/aromatic N) is 4. The number of imidazole rings is 1. The van der Waals surface area contributed by atoms with Gasteiger partial charge in [-0.2, -0.15) is 5.10 Å². The number of hydrogen-bond acceptors (Lipinski definition) is 3. The number of aromatic nitrogens is 4. The van der Waals surface area contributed by atoms with Gasteiger partial charge in [-0.25, -0.2) is 9.67 Å². The monoisotopic (exact) mass is 309 g/mol. The largest absolute Gasteiger partial charge is 0.369 e. The van der Waals surface area contributed by atoms with Gasteiger partial charge in [0.25, 0.3) is 0 Å². The van der Waals surface area contributed by atoms with Gasteiger partial charge in [0.1, 0.15) is 5.52 Å². The molecule has 104 valence electrons. The molecule has 0 unspecified atom stereocenters. The number of halogens is 2. The first-order valence-corrected chi connectivity index (χ1v) is 6.93. The van der Waals surface area contributed by atoms with Crippen molar-refractivity contribution in [2.24, 2.45) is 7.05 Å². The first kappa shape index (κ1) is 13.3. The molecule has 0 fully saturated rings. The van der Waals surface area contributed by atoms with Crippen LogP contribution in [0, 0.1) is 0 Å². The molecule has 3 rings (SSSR count). The summed E-state index contributed by atoms with van der Waals surface area (Å²) < 4.78 is 3.53. The molecule has 5 nitrogen and oxygen atoms in total. The number of rotatable bonds is 2. The number of nitrogens with two attached hydrogens (primary N) is 1. The second-order valence-corrected chi connectivity index (χ2v) is 5.34. The summed E-state index contributed by atoms with van der Waals surface area (Å²) in [6.07, 6.45) is 0.789. The Bertz CT molecular complexity index is 803. The van der Waals surface area contributed by atoms with Crippen molar-refractivity contribution in [3.8, 4) is 5.69 Å². The molecule has 0 atom stereocenters. The van der Waals surface area contributed by atoms with Gasteiger partial charge >= 0.3 is 0 Å². The van der Waals surface area contributed by atoms with Gasteiger partial charge in [0.2, 0.25) is 5.95 Å². The fourth-order valence-corrected chi connectivity index (χ4v) is 2.70. The molecule has 7 heteroatoms. The zero-order valence-corrected chi connectivity index (χ0v) is 12.6. The maximum atomic E-state index is 6.26. The Kier molecular flexibility index (Phi) is 3.11. The molecule has 2 heterocycles. The van der Waals surface area contributed by atoms with Crippen molar-refractivity contribution in [3.63, 3.8) is 0 Å². The fraction of sp³-hybridized carbons (Fsp3) is 0.231. The van der Waals surface area contributed by atoms with E-state index in [9.17, 15) is 0 Å². The van der Waals surface area contributed by atoms with Crippen LogP contribution in [0.3, 0.4) is 0 Å². The van der Waals surface area contributed by atoms with E-state index in [0.29, 0.717) is 21.7 Å². The number of benzene rings is 1. The third-order valence-corrected chi connectivity index (χ3v) is 3.77. The summed E-state index contributed by atoms with van der Waals surface area (Å²) in [5.41, 5.74) is 9.26. The lowest BCUT2D eigenvalue weighted by Crippen LogP contribution is -2.05. The van der Waals surface area contributed by atoms with Gasteiger partial charge in [-0.3, -0.25) is 4.57 Å². The molecule has 0 radical (unpaired) electrons. The smallest absolute Gasteiger partial charge is 0.207 e. The molecule has 0 amide bonds. The van der Waals surface area contributed by atoms with Crippen LogP contribution in [0.5, 0.6) is 0 Å². The average Bonchev–Trinajstić information content (AvgIpc) is 2.90. The number of anilines is 1. The first-order valence-electron chi connectivity index (χ1n) is 6.18. The van der Waals surface area contributed by atoms with Crippen LogP contribution < -0.4 is 5.73 Å². The Labute approximate surface area is 125 Å². The Morgan fingerprint density at radius 1 is 1.30 bits per heavy atom. The highest BCUT2D eigenvalue weighted by atomic mass is 35.5. The van der Waals surface area contributed by atoms with Crippen LogP contribution in [0.1, 0.15) is 12.6 Å². The Hall–Kier alpha value is -1.72. The Morgan fingerprint density at radius 2 is 2.05 bits per heavy atom. The van der Waals surface area contributed by atoms with Crippen molar-refractivity contribution in [2.45, 2.75) is 13.3 Å². The second kappa shape index (κ2) is 4.68. The molecular formula is C13H13Cl2N5. The molecule has 2 aromatic heterocycles.